The smallest absolute Gasteiger partial charge is 0.410 e. The second-order valence-electron chi connectivity index (χ2n) is 8.10. The molecule has 0 aromatic rings. The number of esters is 1. The molecule has 1 saturated heterocycles. The fraction of sp³-hybridized carbons (Fsp3) is 0.889. The van der Waals surface area contributed by atoms with Gasteiger partial charge in [0.15, 0.2) is 0 Å². The second-order valence-corrected chi connectivity index (χ2v) is 8.10. The van der Waals surface area contributed by atoms with Crippen molar-refractivity contribution < 1.29 is 23.8 Å². The molecule has 24 heavy (non-hydrogen) atoms. The number of carbonyl (C=O) groups is 2. The van der Waals surface area contributed by atoms with Crippen LogP contribution >= 0.6 is 0 Å². The van der Waals surface area contributed by atoms with E-state index in [0.717, 1.165) is 38.8 Å². The highest BCUT2D eigenvalue weighted by atomic mass is 16.6. The number of amides is 1. The number of likely N-dealkylation sites (tertiary alicyclic amines) is 1. The van der Waals surface area contributed by atoms with Gasteiger partial charge >= 0.3 is 12.1 Å². The molecule has 0 N–H and O–H groups in total. The van der Waals surface area contributed by atoms with Crippen molar-refractivity contribution in [1.29, 1.82) is 0 Å². The third kappa shape index (κ3) is 5.36. The van der Waals surface area contributed by atoms with Crippen LogP contribution in [0.25, 0.3) is 0 Å². The summed E-state index contributed by atoms with van der Waals surface area (Å²) in [6, 6.07) is 0. The van der Waals surface area contributed by atoms with Gasteiger partial charge in [0.2, 0.25) is 0 Å². The fourth-order valence-corrected chi connectivity index (χ4v) is 3.50. The van der Waals surface area contributed by atoms with E-state index in [4.69, 9.17) is 14.2 Å². The Hall–Kier alpha value is -1.30. The van der Waals surface area contributed by atoms with Crippen molar-refractivity contribution in [2.75, 3.05) is 32.9 Å². The maximum Gasteiger partial charge on any atom is 0.410 e. The van der Waals surface area contributed by atoms with Gasteiger partial charge in [-0.05, 0) is 59.3 Å². The summed E-state index contributed by atoms with van der Waals surface area (Å²) in [5.41, 5.74) is -0.164. The lowest BCUT2D eigenvalue weighted by Crippen LogP contribution is -2.60. The fourth-order valence-electron chi connectivity index (χ4n) is 3.50. The van der Waals surface area contributed by atoms with Gasteiger partial charge in [-0.1, -0.05) is 0 Å². The first-order chi connectivity index (χ1) is 11.2. The van der Waals surface area contributed by atoms with E-state index in [1.807, 2.05) is 25.7 Å². The Labute approximate surface area is 144 Å². The van der Waals surface area contributed by atoms with Crippen molar-refractivity contribution >= 4 is 12.1 Å². The summed E-state index contributed by atoms with van der Waals surface area (Å²) in [5.74, 6) is 0.206. The van der Waals surface area contributed by atoms with E-state index in [1.54, 1.807) is 6.92 Å². The predicted molar refractivity (Wildman–Crippen MR) is 89.7 cm³/mol. The highest BCUT2D eigenvalue weighted by molar-refractivity contribution is 5.70. The largest absolute Gasteiger partial charge is 0.464 e. The summed E-state index contributed by atoms with van der Waals surface area (Å²) in [7, 11) is 0. The molecule has 6 heteroatoms. The Bertz CT molecular complexity index is 441. The van der Waals surface area contributed by atoms with E-state index < -0.39 is 5.60 Å². The average Bonchev–Trinajstić information content (AvgIpc) is 2.44. The molecule has 1 amide bonds. The third-order valence-corrected chi connectivity index (χ3v) is 4.75. The lowest BCUT2D eigenvalue weighted by Gasteiger charge is -2.53. The predicted octanol–water partition coefficient (Wildman–Crippen LogP) is 2.99. The molecule has 2 aliphatic rings. The quantitative estimate of drug-likeness (QED) is 0.719. The van der Waals surface area contributed by atoms with Gasteiger partial charge in [0, 0.05) is 18.5 Å². The highest BCUT2D eigenvalue weighted by Crippen LogP contribution is 2.46. The molecule has 2 fully saturated rings. The molecule has 1 saturated carbocycles. The van der Waals surface area contributed by atoms with Gasteiger partial charge in [-0.15, -0.1) is 0 Å². The standard InChI is InChI=1S/C18H31NO5/c1-5-23-15(20)11-22-10-14-6-8-18(9-7-14)12-19(13-18)16(21)24-17(2,3)4/h14H,5-13H2,1-4H3. The second kappa shape index (κ2) is 7.72. The lowest BCUT2D eigenvalue weighted by atomic mass is 9.66. The van der Waals surface area contributed by atoms with E-state index in [1.165, 1.54) is 0 Å². The van der Waals surface area contributed by atoms with E-state index in [0.29, 0.717) is 19.1 Å². The number of rotatable bonds is 5. The molecular formula is C18H31NO5. The number of carbonyl (C=O) groups excluding carboxylic acids is 2. The third-order valence-electron chi connectivity index (χ3n) is 4.75. The van der Waals surface area contributed by atoms with Gasteiger partial charge in [-0.2, -0.15) is 0 Å². The van der Waals surface area contributed by atoms with Gasteiger partial charge in [-0.25, -0.2) is 9.59 Å². The Balaban J connectivity index is 1.64. The monoisotopic (exact) mass is 341 g/mol. The first kappa shape index (κ1) is 19.0. The van der Waals surface area contributed by atoms with Crippen LogP contribution in [0.3, 0.4) is 0 Å². The van der Waals surface area contributed by atoms with E-state index in [9.17, 15) is 9.59 Å². The summed E-state index contributed by atoms with van der Waals surface area (Å²) in [5, 5.41) is 0. The molecule has 0 radical (unpaired) electrons. The minimum absolute atomic E-state index is 0.0436. The Morgan fingerprint density at radius 1 is 1.17 bits per heavy atom. The van der Waals surface area contributed by atoms with E-state index in [-0.39, 0.29) is 24.1 Å². The van der Waals surface area contributed by atoms with Crippen molar-refractivity contribution in [3.8, 4) is 0 Å². The molecule has 138 valence electrons. The van der Waals surface area contributed by atoms with Gasteiger partial charge < -0.3 is 19.1 Å². The van der Waals surface area contributed by atoms with Crippen LogP contribution in [-0.2, 0) is 19.0 Å². The number of hydrogen-bond acceptors (Lipinski definition) is 5. The molecule has 0 atom stereocenters. The summed E-state index contributed by atoms with van der Waals surface area (Å²) < 4.78 is 15.7. The lowest BCUT2D eigenvalue weighted by molar-refractivity contribution is -0.149. The van der Waals surface area contributed by atoms with Crippen molar-refractivity contribution in [2.24, 2.45) is 11.3 Å². The molecule has 1 aliphatic heterocycles. The van der Waals surface area contributed by atoms with Gasteiger partial charge in [0.1, 0.15) is 12.2 Å². The van der Waals surface area contributed by atoms with Gasteiger partial charge in [0.25, 0.3) is 0 Å². The first-order valence-electron chi connectivity index (χ1n) is 8.94. The molecule has 1 aliphatic carbocycles. The van der Waals surface area contributed by atoms with Crippen LogP contribution in [0.2, 0.25) is 0 Å². The van der Waals surface area contributed by atoms with E-state index >= 15 is 0 Å². The highest BCUT2D eigenvalue weighted by Gasteiger charge is 2.47. The van der Waals surface area contributed by atoms with Gasteiger partial charge in [0.05, 0.1) is 13.2 Å². The van der Waals surface area contributed by atoms with Crippen molar-refractivity contribution in [3.63, 3.8) is 0 Å². The molecule has 2 rings (SSSR count). The molecule has 0 aromatic heterocycles. The molecule has 0 aromatic carbocycles. The Kier molecular flexibility index (Phi) is 6.12. The normalized spacial score (nSPS) is 20.6. The first-order valence-corrected chi connectivity index (χ1v) is 8.94. The van der Waals surface area contributed by atoms with Crippen LogP contribution in [0.15, 0.2) is 0 Å². The van der Waals surface area contributed by atoms with Crippen LogP contribution < -0.4 is 0 Å². The van der Waals surface area contributed by atoms with Crippen LogP contribution in [0.5, 0.6) is 0 Å². The zero-order valence-electron chi connectivity index (χ0n) is 15.4. The Morgan fingerprint density at radius 2 is 1.79 bits per heavy atom. The zero-order valence-corrected chi connectivity index (χ0v) is 15.4. The van der Waals surface area contributed by atoms with Crippen LogP contribution in [0.4, 0.5) is 4.79 Å². The topological polar surface area (TPSA) is 65.1 Å². The minimum atomic E-state index is -0.437. The minimum Gasteiger partial charge on any atom is -0.464 e. The molecule has 1 spiro atoms. The SMILES string of the molecule is CCOC(=O)COCC1CCC2(CC1)CN(C(=O)OC(C)(C)C)C2. The average molecular weight is 341 g/mol. The molecule has 1 heterocycles. The number of hydrogen-bond donors (Lipinski definition) is 0. The van der Waals surface area contributed by atoms with Crippen molar-refractivity contribution in [1.82, 2.24) is 4.90 Å². The van der Waals surface area contributed by atoms with Crippen molar-refractivity contribution in [3.05, 3.63) is 0 Å². The molecule has 6 nitrogen and oxygen atoms in total. The van der Waals surface area contributed by atoms with Crippen LogP contribution in [0, 0.1) is 11.3 Å². The van der Waals surface area contributed by atoms with Crippen molar-refractivity contribution in [2.45, 2.75) is 59.0 Å². The van der Waals surface area contributed by atoms with Crippen LogP contribution in [0.1, 0.15) is 53.4 Å². The maximum atomic E-state index is 12.0. The van der Waals surface area contributed by atoms with E-state index in [2.05, 4.69) is 0 Å². The number of ether oxygens (including phenoxy) is 3. The molecule has 0 unspecified atom stereocenters. The maximum absolute atomic E-state index is 12.0. The molecular weight excluding hydrogens is 310 g/mol. The summed E-state index contributed by atoms with van der Waals surface area (Å²) in [6.45, 7) is 10.1. The Morgan fingerprint density at radius 3 is 2.33 bits per heavy atom. The summed E-state index contributed by atoms with van der Waals surface area (Å²) in [6.07, 6.45) is 4.20. The zero-order chi connectivity index (χ0) is 17.8. The summed E-state index contributed by atoms with van der Waals surface area (Å²) in [4.78, 5) is 25.1. The van der Waals surface area contributed by atoms with Crippen LogP contribution in [-0.4, -0.2) is 55.5 Å². The number of nitrogens with zero attached hydrogens (tertiary/aromatic N) is 1. The van der Waals surface area contributed by atoms with Gasteiger partial charge in [-0.3, -0.25) is 0 Å². The molecule has 0 bridgehead atoms. The summed E-state index contributed by atoms with van der Waals surface area (Å²) >= 11 is 0.